The standard InChI is InChI=1S/C20H24ClN2O5PS/c1-3-9-20(22,13-28-29(25,26)27)10-8-14-4-6-16(12-17(14)21)30-19-11-15(23-2)5-7-18(19)24/h4-7,11-12,24H,3,8-10,13,22H2,1H3,(H2,25,26,27)/t20-/m0/s1. The van der Waals surface area contributed by atoms with E-state index in [-0.39, 0.29) is 12.4 Å². The Morgan fingerprint density at radius 3 is 2.60 bits per heavy atom. The Hall–Kier alpha value is -1.56. The summed E-state index contributed by atoms with van der Waals surface area (Å²) >= 11 is 7.73. The summed E-state index contributed by atoms with van der Waals surface area (Å²) in [4.78, 5) is 22.6. The van der Waals surface area contributed by atoms with Crippen LogP contribution in [0.3, 0.4) is 0 Å². The fourth-order valence-electron chi connectivity index (χ4n) is 2.94. The third-order valence-corrected chi connectivity index (χ3v) is 6.34. The quantitative estimate of drug-likeness (QED) is 0.275. The number of phenolic OH excluding ortho intramolecular Hbond substituents is 1. The van der Waals surface area contributed by atoms with Gasteiger partial charge in [-0.3, -0.25) is 4.52 Å². The zero-order valence-corrected chi connectivity index (χ0v) is 18.9. The molecule has 0 bridgehead atoms. The number of phosphoric ester groups is 1. The molecule has 0 saturated carbocycles. The van der Waals surface area contributed by atoms with Gasteiger partial charge in [-0.25, -0.2) is 9.41 Å². The summed E-state index contributed by atoms with van der Waals surface area (Å²) in [5.74, 6) is 0.0881. The van der Waals surface area contributed by atoms with Gasteiger partial charge in [0.2, 0.25) is 0 Å². The lowest BCUT2D eigenvalue weighted by Crippen LogP contribution is -2.44. The van der Waals surface area contributed by atoms with Gasteiger partial charge in [-0.2, -0.15) is 0 Å². The Bertz CT molecular complexity index is 978. The minimum atomic E-state index is -4.59. The number of hydrogen-bond donors (Lipinski definition) is 4. The van der Waals surface area contributed by atoms with Crippen LogP contribution in [0.1, 0.15) is 31.7 Å². The second-order valence-corrected chi connectivity index (χ2v) is 9.76. The molecule has 0 saturated heterocycles. The van der Waals surface area contributed by atoms with Crippen molar-refractivity contribution in [1.29, 1.82) is 0 Å². The van der Waals surface area contributed by atoms with Crippen LogP contribution in [0.2, 0.25) is 5.02 Å². The zero-order chi connectivity index (χ0) is 22.4. The Morgan fingerprint density at radius 1 is 1.27 bits per heavy atom. The van der Waals surface area contributed by atoms with Gasteiger partial charge < -0.3 is 20.6 Å². The molecule has 30 heavy (non-hydrogen) atoms. The first-order chi connectivity index (χ1) is 14.0. The van der Waals surface area contributed by atoms with Gasteiger partial charge in [-0.05, 0) is 49.1 Å². The molecule has 2 aromatic rings. The van der Waals surface area contributed by atoms with Crippen molar-refractivity contribution in [2.75, 3.05) is 6.61 Å². The Balaban J connectivity index is 2.09. The maximum Gasteiger partial charge on any atom is 0.469 e. The summed E-state index contributed by atoms with van der Waals surface area (Å²) in [7, 11) is -4.59. The average Bonchev–Trinajstić information content (AvgIpc) is 2.67. The minimum absolute atomic E-state index is 0.0881. The monoisotopic (exact) mass is 470 g/mol. The number of phenols is 1. The lowest BCUT2D eigenvalue weighted by atomic mass is 9.89. The van der Waals surface area contributed by atoms with E-state index in [0.717, 1.165) is 16.9 Å². The normalized spacial score (nSPS) is 13.6. The predicted molar refractivity (Wildman–Crippen MR) is 118 cm³/mol. The van der Waals surface area contributed by atoms with Crippen molar-refractivity contribution in [2.24, 2.45) is 5.73 Å². The second kappa shape index (κ2) is 10.7. The predicted octanol–water partition coefficient (Wildman–Crippen LogP) is 5.29. The van der Waals surface area contributed by atoms with Crippen LogP contribution in [0.5, 0.6) is 5.75 Å². The topological polar surface area (TPSA) is 117 Å². The van der Waals surface area contributed by atoms with Crippen LogP contribution in [-0.4, -0.2) is 27.0 Å². The van der Waals surface area contributed by atoms with Crippen molar-refractivity contribution in [2.45, 2.75) is 47.9 Å². The van der Waals surface area contributed by atoms with Crippen LogP contribution in [-0.2, 0) is 15.5 Å². The Morgan fingerprint density at radius 2 is 2.00 bits per heavy atom. The summed E-state index contributed by atoms with van der Waals surface area (Å²) in [6.45, 7) is 8.79. The highest BCUT2D eigenvalue weighted by Gasteiger charge is 2.28. The van der Waals surface area contributed by atoms with E-state index in [1.165, 1.54) is 17.8 Å². The molecule has 0 unspecified atom stereocenters. The molecule has 162 valence electrons. The van der Waals surface area contributed by atoms with Gasteiger partial charge in [-0.1, -0.05) is 48.8 Å². The number of phosphoric acid groups is 1. The molecule has 10 heteroatoms. The first-order valence-corrected chi connectivity index (χ1v) is 11.9. The molecule has 0 spiro atoms. The van der Waals surface area contributed by atoms with Gasteiger partial charge >= 0.3 is 7.82 Å². The number of aromatic hydroxyl groups is 1. The van der Waals surface area contributed by atoms with E-state index in [2.05, 4.69) is 9.37 Å². The van der Waals surface area contributed by atoms with E-state index in [9.17, 15) is 9.67 Å². The number of nitrogens with two attached hydrogens (primary N) is 1. The molecule has 2 aromatic carbocycles. The van der Waals surface area contributed by atoms with Crippen LogP contribution in [0, 0.1) is 6.57 Å². The molecule has 0 aliphatic rings. The number of benzene rings is 2. The van der Waals surface area contributed by atoms with Gasteiger partial charge in [0, 0.05) is 20.4 Å². The number of hydrogen-bond acceptors (Lipinski definition) is 5. The van der Waals surface area contributed by atoms with Crippen LogP contribution in [0.4, 0.5) is 5.69 Å². The van der Waals surface area contributed by atoms with Crippen molar-refractivity contribution in [3.63, 3.8) is 0 Å². The van der Waals surface area contributed by atoms with E-state index in [0.29, 0.717) is 34.9 Å². The van der Waals surface area contributed by atoms with Crippen LogP contribution in [0.15, 0.2) is 46.2 Å². The maximum atomic E-state index is 11.0. The summed E-state index contributed by atoms with van der Waals surface area (Å²) in [6, 6.07) is 10.1. The van der Waals surface area contributed by atoms with Crippen molar-refractivity contribution >= 4 is 36.9 Å². The number of nitrogens with zero attached hydrogens (tertiary/aromatic N) is 1. The first-order valence-electron chi connectivity index (χ1n) is 9.21. The number of halogens is 1. The van der Waals surface area contributed by atoms with Gasteiger partial charge in [-0.15, -0.1) is 0 Å². The van der Waals surface area contributed by atoms with Crippen LogP contribution >= 0.6 is 31.2 Å². The highest BCUT2D eigenvalue weighted by atomic mass is 35.5. The molecule has 5 N–H and O–H groups in total. The molecule has 1 atom stereocenters. The largest absolute Gasteiger partial charge is 0.507 e. The third-order valence-electron chi connectivity index (χ3n) is 4.49. The van der Waals surface area contributed by atoms with E-state index in [1.54, 1.807) is 18.2 Å². The first kappa shape index (κ1) is 24.7. The Kier molecular flexibility index (Phi) is 8.77. The summed E-state index contributed by atoms with van der Waals surface area (Å²) in [6.07, 6.45) is 2.26. The van der Waals surface area contributed by atoms with Gasteiger partial charge in [0.15, 0.2) is 5.69 Å². The molecular weight excluding hydrogens is 447 g/mol. The fourth-order valence-corrected chi connectivity index (χ4v) is 4.62. The number of rotatable bonds is 10. The summed E-state index contributed by atoms with van der Waals surface area (Å²) in [5, 5.41) is 10.5. The highest BCUT2D eigenvalue weighted by Crippen LogP contribution is 2.39. The molecule has 0 aliphatic heterocycles. The zero-order valence-electron chi connectivity index (χ0n) is 16.4. The lowest BCUT2D eigenvalue weighted by molar-refractivity contribution is 0.141. The molecule has 0 heterocycles. The van der Waals surface area contributed by atoms with Crippen molar-refractivity contribution in [3.05, 3.63) is 58.4 Å². The summed E-state index contributed by atoms with van der Waals surface area (Å²) in [5.41, 5.74) is 6.73. The van der Waals surface area contributed by atoms with Gasteiger partial charge in [0.25, 0.3) is 0 Å². The van der Waals surface area contributed by atoms with Crippen molar-refractivity contribution in [1.82, 2.24) is 0 Å². The number of aryl methyl sites for hydroxylation is 1. The second-order valence-electron chi connectivity index (χ2n) is 7.00. The maximum absolute atomic E-state index is 11.0. The SMILES string of the molecule is [C-]#[N+]c1ccc(O)c(Sc2ccc(CC[C@@](N)(CCC)COP(=O)(O)O)c(Cl)c2)c1. The molecule has 0 radical (unpaired) electrons. The molecule has 0 aromatic heterocycles. The summed E-state index contributed by atoms with van der Waals surface area (Å²) < 4.78 is 15.7. The minimum Gasteiger partial charge on any atom is -0.507 e. The average molecular weight is 471 g/mol. The van der Waals surface area contributed by atoms with Gasteiger partial charge in [0.1, 0.15) is 5.75 Å². The van der Waals surface area contributed by atoms with E-state index in [1.807, 2.05) is 19.1 Å². The smallest absolute Gasteiger partial charge is 0.469 e. The Labute approximate surface area is 185 Å². The van der Waals surface area contributed by atoms with Crippen molar-refractivity contribution in [3.8, 4) is 5.75 Å². The van der Waals surface area contributed by atoms with Gasteiger partial charge in [0.05, 0.1) is 13.2 Å². The fraction of sp³-hybridized carbons (Fsp3) is 0.350. The third kappa shape index (κ3) is 7.60. The molecule has 0 aliphatic carbocycles. The molecule has 0 amide bonds. The molecule has 2 rings (SSSR count). The van der Waals surface area contributed by atoms with Crippen molar-refractivity contribution < 1.29 is 24.0 Å². The van der Waals surface area contributed by atoms with E-state index in [4.69, 9.17) is 33.7 Å². The van der Waals surface area contributed by atoms with Crippen LogP contribution in [0.25, 0.3) is 4.85 Å². The molecular formula is C20H24ClN2O5PS. The van der Waals surface area contributed by atoms with E-state index < -0.39 is 13.4 Å². The highest BCUT2D eigenvalue weighted by molar-refractivity contribution is 7.99. The van der Waals surface area contributed by atoms with E-state index >= 15 is 0 Å². The molecule has 7 nitrogen and oxygen atoms in total. The lowest BCUT2D eigenvalue weighted by Gasteiger charge is -2.29. The molecule has 0 fully saturated rings. The van der Waals surface area contributed by atoms with Crippen LogP contribution < -0.4 is 5.73 Å².